The molecule has 1 heterocycles. The lowest BCUT2D eigenvalue weighted by atomic mass is 10.1. The van der Waals surface area contributed by atoms with Gasteiger partial charge in [0.25, 0.3) is 0 Å². The van der Waals surface area contributed by atoms with Gasteiger partial charge in [0, 0.05) is 5.56 Å². The number of benzene rings is 1. The van der Waals surface area contributed by atoms with Crippen LogP contribution in [0.2, 0.25) is 0 Å². The fourth-order valence-corrected chi connectivity index (χ4v) is 1.25. The second-order valence-corrected chi connectivity index (χ2v) is 3.13. The van der Waals surface area contributed by atoms with Crippen molar-refractivity contribution in [1.29, 1.82) is 0 Å². The molecule has 2 aromatic rings. The SMILES string of the molecule is Cc1cnnc(-c2cccc(F)c2)c1. The van der Waals surface area contributed by atoms with Gasteiger partial charge in [-0.2, -0.15) is 10.2 Å². The Morgan fingerprint density at radius 3 is 2.79 bits per heavy atom. The van der Waals surface area contributed by atoms with Crippen LogP contribution < -0.4 is 0 Å². The van der Waals surface area contributed by atoms with Crippen LogP contribution in [-0.4, -0.2) is 10.2 Å². The molecule has 2 nitrogen and oxygen atoms in total. The summed E-state index contributed by atoms with van der Waals surface area (Å²) in [5, 5.41) is 7.75. The fourth-order valence-electron chi connectivity index (χ4n) is 1.25. The van der Waals surface area contributed by atoms with Crippen molar-refractivity contribution in [3.05, 3.63) is 47.9 Å². The molecule has 0 bridgehead atoms. The molecule has 0 saturated carbocycles. The second-order valence-electron chi connectivity index (χ2n) is 3.13. The molecule has 14 heavy (non-hydrogen) atoms. The zero-order valence-electron chi connectivity index (χ0n) is 7.74. The Morgan fingerprint density at radius 1 is 1.21 bits per heavy atom. The maximum atomic E-state index is 12.9. The Labute approximate surface area is 81.4 Å². The number of aromatic nitrogens is 2. The van der Waals surface area contributed by atoms with Crippen molar-refractivity contribution in [3.63, 3.8) is 0 Å². The van der Waals surface area contributed by atoms with E-state index in [1.807, 2.05) is 19.1 Å². The minimum absolute atomic E-state index is 0.259. The molecule has 0 unspecified atom stereocenters. The minimum atomic E-state index is -0.259. The van der Waals surface area contributed by atoms with Gasteiger partial charge < -0.3 is 0 Å². The topological polar surface area (TPSA) is 25.8 Å². The van der Waals surface area contributed by atoms with Crippen LogP contribution in [0.3, 0.4) is 0 Å². The first-order chi connectivity index (χ1) is 6.75. The lowest BCUT2D eigenvalue weighted by Crippen LogP contribution is -1.88. The molecule has 0 N–H and O–H groups in total. The summed E-state index contributed by atoms with van der Waals surface area (Å²) in [5.41, 5.74) is 2.46. The van der Waals surface area contributed by atoms with Crippen molar-refractivity contribution in [1.82, 2.24) is 10.2 Å². The van der Waals surface area contributed by atoms with Crippen molar-refractivity contribution >= 4 is 0 Å². The molecule has 1 aromatic carbocycles. The van der Waals surface area contributed by atoms with Crippen LogP contribution >= 0.6 is 0 Å². The normalized spacial score (nSPS) is 10.1. The predicted octanol–water partition coefficient (Wildman–Crippen LogP) is 2.59. The summed E-state index contributed by atoms with van der Waals surface area (Å²) < 4.78 is 12.9. The number of hydrogen-bond acceptors (Lipinski definition) is 2. The van der Waals surface area contributed by atoms with Crippen molar-refractivity contribution in [2.75, 3.05) is 0 Å². The first kappa shape index (κ1) is 8.81. The van der Waals surface area contributed by atoms with E-state index in [1.165, 1.54) is 12.1 Å². The highest BCUT2D eigenvalue weighted by Gasteiger charge is 2.00. The van der Waals surface area contributed by atoms with E-state index in [0.29, 0.717) is 5.69 Å². The van der Waals surface area contributed by atoms with Gasteiger partial charge >= 0.3 is 0 Å². The van der Waals surface area contributed by atoms with Gasteiger partial charge in [0.1, 0.15) is 5.82 Å². The van der Waals surface area contributed by atoms with Gasteiger partial charge in [-0.15, -0.1) is 0 Å². The summed E-state index contributed by atoms with van der Waals surface area (Å²) in [6.45, 7) is 1.93. The monoisotopic (exact) mass is 188 g/mol. The zero-order valence-corrected chi connectivity index (χ0v) is 7.74. The summed E-state index contributed by atoms with van der Waals surface area (Å²) in [6, 6.07) is 8.21. The first-order valence-corrected chi connectivity index (χ1v) is 4.31. The quantitative estimate of drug-likeness (QED) is 0.687. The molecule has 0 amide bonds. The molecule has 0 atom stereocenters. The molecular formula is C11H9FN2. The molecule has 3 heteroatoms. The van der Waals surface area contributed by atoms with E-state index in [1.54, 1.807) is 12.3 Å². The second kappa shape index (κ2) is 3.54. The molecule has 0 fully saturated rings. The van der Waals surface area contributed by atoms with E-state index in [9.17, 15) is 4.39 Å². The highest BCUT2D eigenvalue weighted by Crippen LogP contribution is 2.17. The molecular weight excluding hydrogens is 179 g/mol. The van der Waals surface area contributed by atoms with Crippen LogP contribution in [0.4, 0.5) is 4.39 Å². The van der Waals surface area contributed by atoms with Crippen LogP contribution in [0.5, 0.6) is 0 Å². The summed E-state index contributed by atoms with van der Waals surface area (Å²) in [5.74, 6) is -0.259. The third-order valence-corrected chi connectivity index (χ3v) is 1.91. The third kappa shape index (κ3) is 1.76. The van der Waals surface area contributed by atoms with E-state index in [0.717, 1.165) is 11.1 Å². The van der Waals surface area contributed by atoms with Crippen molar-refractivity contribution in [2.45, 2.75) is 6.92 Å². The van der Waals surface area contributed by atoms with E-state index in [4.69, 9.17) is 0 Å². The first-order valence-electron chi connectivity index (χ1n) is 4.31. The molecule has 0 radical (unpaired) electrons. The van der Waals surface area contributed by atoms with Gasteiger partial charge in [-0.25, -0.2) is 4.39 Å². The van der Waals surface area contributed by atoms with Crippen molar-refractivity contribution in [2.24, 2.45) is 0 Å². The average molecular weight is 188 g/mol. The van der Waals surface area contributed by atoms with Crippen molar-refractivity contribution in [3.8, 4) is 11.3 Å². The van der Waals surface area contributed by atoms with Crippen LogP contribution in [0, 0.1) is 12.7 Å². The van der Waals surface area contributed by atoms with E-state index in [-0.39, 0.29) is 5.82 Å². The molecule has 2 rings (SSSR count). The van der Waals surface area contributed by atoms with Crippen molar-refractivity contribution < 1.29 is 4.39 Å². The largest absolute Gasteiger partial charge is 0.207 e. The Balaban J connectivity index is 2.49. The van der Waals surface area contributed by atoms with Gasteiger partial charge in [-0.3, -0.25) is 0 Å². The van der Waals surface area contributed by atoms with Gasteiger partial charge in [-0.05, 0) is 30.7 Å². The van der Waals surface area contributed by atoms with Gasteiger partial charge in [0.2, 0.25) is 0 Å². The summed E-state index contributed by atoms with van der Waals surface area (Å²) >= 11 is 0. The standard InChI is InChI=1S/C11H9FN2/c1-8-5-11(14-13-7-8)9-3-2-4-10(12)6-9/h2-7H,1H3. The van der Waals surface area contributed by atoms with Gasteiger partial charge in [0.15, 0.2) is 0 Å². The Hall–Kier alpha value is -1.77. The smallest absolute Gasteiger partial charge is 0.123 e. The predicted molar refractivity (Wildman–Crippen MR) is 52.2 cm³/mol. The van der Waals surface area contributed by atoms with E-state index >= 15 is 0 Å². The minimum Gasteiger partial charge on any atom is -0.207 e. The Morgan fingerprint density at radius 2 is 2.07 bits per heavy atom. The molecule has 70 valence electrons. The lowest BCUT2D eigenvalue weighted by molar-refractivity contribution is 0.628. The van der Waals surface area contributed by atoms with Gasteiger partial charge in [-0.1, -0.05) is 12.1 Å². The highest BCUT2D eigenvalue weighted by molar-refractivity contribution is 5.58. The Kier molecular flexibility index (Phi) is 2.23. The summed E-state index contributed by atoms with van der Waals surface area (Å²) in [7, 11) is 0. The van der Waals surface area contributed by atoms with Crippen LogP contribution in [0.25, 0.3) is 11.3 Å². The Bertz CT molecular complexity index is 411. The zero-order chi connectivity index (χ0) is 9.97. The fraction of sp³-hybridized carbons (Fsp3) is 0.0909. The summed E-state index contributed by atoms with van der Waals surface area (Å²) in [6.07, 6.45) is 1.67. The summed E-state index contributed by atoms with van der Waals surface area (Å²) in [4.78, 5) is 0. The molecule has 0 saturated heterocycles. The van der Waals surface area contributed by atoms with Crippen LogP contribution in [0.1, 0.15) is 5.56 Å². The number of aryl methyl sites for hydroxylation is 1. The average Bonchev–Trinajstić information content (AvgIpc) is 2.18. The molecule has 0 aliphatic carbocycles. The lowest BCUT2D eigenvalue weighted by Gasteiger charge is -2.00. The van der Waals surface area contributed by atoms with E-state index in [2.05, 4.69) is 10.2 Å². The molecule has 0 aliphatic heterocycles. The van der Waals surface area contributed by atoms with Crippen LogP contribution in [-0.2, 0) is 0 Å². The maximum Gasteiger partial charge on any atom is 0.123 e. The number of nitrogens with zero attached hydrogens (tertiary/aromatic N) is 2. The molecule has 0 aliphatic rings. The number of halogens is 1. The molecule has 1 aromatic heterocycles. The number of hydrogen-bond donors (Lipinski definition) is 0. The molecule has 0 spiro atoms. The van der Waals surface area contributed by atoms with Gasteiger partial charge in [0.05, 0.1) is 11.9 Å². The van der Waals surface area contributed by atoms with E-state index < -0.39 is 0 Å². The van der Waals surface area contributed by atoms with Crippen LogP contribution in [0.15, 0.2) is 36.5 Å². The number of rotatable bonds is 1. The third-order valence-electron chi connectivity index (χ3n) is 1.91. The highest BCUT2D eigenvalue weighted by atomic mass is 19.1. The maximum absolute atomic E-state index is 12.9.